The molecule has 1 atom stereocenters. The summed E-state index contributed by atoms with van der Waals surface area (Å²) in [5, 5.41) is 8.12. The number of hydrogen-bond donors (Lipinski definition) is 1. The normalized spacial score (nSPS) is 18.9. The van der Waals surface area contributed by atoms with Crippen LogP contribution in [0.2, 0.25) is 0 Å². The number of benzene rings is 1. The Labute approximate surface area is 113 Å². The lowest BCUT2D eigenvalue weighted by Crippen LogP contribution is -2.22. The number of carboxylic acids is 1. The van der Waals surface area contributed by atoms with E-state index in [1.54, 1.807) is 0 Å². The maximum atomic E-state index is 12.3. The van der Waals surface area contributed by atoms with Gasteiger partial charge in [-0.1, -0.05) is 23.8 Å². The van der Waals surface area contributed by atoms with Crippen LogP contribution >= 0.6 is 0 Å². The van der Waals surface area contributed by atoms with Crippen LogP contribution in [0.5, 0.6) is 0 Å². The molecular formula is C14H18O4S. The van der Waals surface area contributed by atoms with Gasteiger partial charge in [-0.25, -0.2) is 8.42 Å². The van der Waals surface area contributed by atoms with Gasteiger partial charge in [0.05, 0.1) is 17.4 Å². The molecule has 0 aliphatic heterocycles. The van der Waals surface area contributed by atoms with Crippen molar-refractivity contribution in [3.8, 4) is 0 Å². The summed E-state index contributed by atoms with van der Waals surface area (Å²) in [6.45, 7) is 1.94. The molecule has 0 radical (unpaired) electrons. The van der Waals surface area contributed by atoms with Gasteiger partial charge in [0.25, 0.3) is 0 Å². The molecular weight excluding hydrogens is 264 g/mol. The second-order valence-corrected chi connectivity index (χ2v) is 7.40. The molecule has 4 nitrogen and oxygen atoms in total. The number of fused-ring (bicyclic) bond motifs is 1. The third kappa shape index (κ3) is 3.15. The molecule has 19 heavy (non-hydrogen) atoms. The zero-order valence-electron chi connectivity index (χ0n) is 10.9. The molecule has 0 spiro atoms. The molecule has 5 heteroatoms. The quantitative estimate of drug-likeness (QED) is 0.919. The summed E-state index contributed by atoms with van der Waals surface area (Å²) in [4.78, 5) is 10.6. The van der Waals surface area contributed by atoms with E-state index in [0.717, 1.165) is 29.5 Å². The van der Waals surface area contributed by atoms with E-state index < -0.39 is 21.1 Å². The predicted octanol–water partition coefficient (Wildman–Crippen LogP) is 2.26. The molecule has 2 rings (SSSR count). The van der Waals surface area contributed by atoms with Gasteiger partial charge in [0.2, 0.25) is 0 Å². The van der Waals surface area contributed by atoms with Crippen molar-refractivity contribution >= 4 is 15.8 Å². The molecule has 1 aromatic carbocycles. The van der Waals surface area contributed by atoms with Crippen LogP contribution < -0.4 is 0 Å². The lowest BCUT2D eigenvalue weighted by atomic mass is 9.90. The molecule has 0 saturated heterocycles. The summed E-state index contributed by atoms with van der Waals surface area (Å²) in [6, 6.07) is 5.91. The van der Waals surface area contributed by atoms with E-state index in [2.05, 4.69) is 0 Å². The number of rotatable bonds is 4. The zero-order valence-corrected chi connectivity index (χ0v) is 11.7. The smallest absolute Gasteiger partial charge is 0.304 e. The van der Waals surface area contributed by atoms with Crippen molar-refractivity contribution in [2.45, 2.75) is 37.9 Å². The van der Waals surface area contributed by atoms with Crippen molar-refractivity contribution in [3.05, 3.63) is 34.9 Å². The van der Waals surface area contributed by atoms with E-state index in [1.165, 1.54) is 0 Å². The van der Waals surface area contributed by atoms with Crippen molar-refractivity contribution in [2.24, 2.45) is 0 Å². The fourth-order valence-corrected chi connectivity index (χ4v) is 4.50. The van der Waals surface area contributed by atoms with Gasteiger partial charge in [-0.3, -0.25) is 4.79 Å². The van der Waals surface area contributed by atoms with Crippen molar-refractivity contribution in [2.75, 3.05) is 5.75 Å². The molecule has 0 bridgehead atoms. The molecule has 1 N–H and O–H groups in total. The third-order valence-corrected chi connectivity index (χ3v) is 5.72. The van der Waals surface area contributed by atoms with Gasteiger partial charge in [0.1, 0.15) is 0 Å². The minimum absolute atomic E-state index is 0.277. The van der Waals surface area contributed by atoms with Crippen molar-refractivity contribution < 1.29 is 18.3 Å². The fourth-order valence-electron chi connectivity index (χ4n) is 2.62. The van der Waals surface area contributed by atoms with E-state index in [1.807, 2.05) is 25.1 Å². The highest BCUT2D eigenvalue weighted by Crippen LogP contribution is 2.36. The lowest BCUT2D eigenvalue weighted by Gasteiger charge is -2.25. The Hall–Kier alpha value is -1.36. The van der Waals surface area contributed by atoms with Crippen LogP contribution in [0.3, 0.4) is 0 Å². The Morgan fingerprint density at radius 3 is 2.84 bits per heavy atom. The molecule has 0 saturated carbocycles. The number of aryl methyl sites for hydroxylation is 2. The van der Waals surface area contributed by atoms with E-state index in [-0.39, 0.29) is 12.2 Å². The third-order valence-electron chi connectivity index (χ3n) is 3.59. The number of aliphatic carboxylic acids is 1. The van der Waals surface area contributed by atoms with Crippen LogP contribution in [0.1, 0.15) is 41.2 Å². The van der Waals surface area contributed by atoms with Crippen LogP contribution in [0.15, 0.2) is 18.2 Å². The Morgan fingerprint density at radius 2 is 2.16 bits per heavy atom. The Bertz CT molecular complexity index is 589. The topological polar surface area (TPSA) is 71.4 Å². The highest BCUT2D eigenvalue weighted by molar-refractivity contribution is 7.91. The average Bonchev–Trinajstić information content (AvgIpc) is 2.35. The monoisotopic (exact) mass is 282 g/mol. The molecule has 1 aliphatic carbocycles. The second kappa shape index (κ2) is 5.33. The Balaban J connectivity index is 2.32. The van der Waals surface area contributed by atoms with Gasteiger partial charge in [-0.05, 0) is 37.3 Å². The summed E-state index contributed by atoms with van der Waals surface area (Å²) >= 11 is 0. The number of hydrogen-bond acceptors (Lipinski definition) is 3. The van der Waals surface area contributed by atoms with Gasteiger partial charge in [0.15, 0.2) is 9.84 Å². The first-order chi connectivity index (χ1) is 8.90. The molecule has 1 aromatic rings. The minimum Gasteiger partial charge on any atom is -0.481 e. The maximum absolute atomic E-state index is 12.3. The molecule has 0 aromatic heterocycles. The van der Waals surface area contributed by atoms with Gasteiger partial charge in [-0.2, -0.15) is 0 Å². The summed E-state index contributed by atoms with van der Waals surface area (Å²) in [6.07, 6.45) is 2.02. The van der Waals surface area contributed by atoms with E-state index in [9.17, 15) is 13.2 Å². The molecule has 0 amide bonds. The molecule has 1 aliphatic rings. The number of carbonyl (C=O) groups is 1. The first kappa shape index (κ1) is 14.1. The number of sulfone groups is 1. The summed E-state index contributed by atoms with van der Waals surface area (Å²) in [5.74, 6) is -1.34. The Morgan fingerprint density at radius 1 is 1.42 bits per heavy atom. The second-order valence-electron chi connectivity index (χ2n) is 5.09. The highest BCUT2D eigenvalue weighted by Gasteiger charge is 2.31. The SMILES string of the molecule is Cc1ccc2c(c1)C(S(=O)(=O)CCC(=O)O)CCC2. The standard InChI is InChI=1S/C14H18O4S/c1-10-5-6-11-3-2-4-13(12(11)9-10)19(17,18)8-7-14(15)16/h5-6,9,13H,2-4,7-8H2,1H3,(H,15,16). The van der Waals surface area contributed by atoms with Crippen LogP contribution in [0, 0.1) is 6.92 Å². The van der Waals surface area contributed by atoms with E-state index >= 15 is 0 Å². The van der Waals surface area contributed by atoms with Crippen LogP contribution in [0.4, 0.5) is 0 Å². The van der Waals surface area contributed by atoms with Crippen LogP contribution in [0.25, 0.3) is 0 Å². The summed E-state index contributed by atoms with van der Waals surface area (Å²) < 4.78 is 24.6. The lowest BCUT2D eigenvalue weighted by molar-refractivity contribution is -0.136. The summed E-state index contributed by atoms with van der Waals surface area (Å²) in [5.41, 5.74) is 3.00. The minimum atomic E-state index is -3.39. The van der Waals surface area contributed by atoms with Crippen LogP contribution in [-0.2, 0) is 21.1 Å². The first-order valence-electron chi connectivity index (χ1n) is 6.43. The number of carboxylic acid groups (broad SMARTS) is 1. The van der Waals surface area contributed by atoms with Crippen molar-refractivity contribution in [1.82, 2.24) is 0 Å². The molecule has 0 heterocycles. The average molecular weight is 282 g/mol. The fraction of sp³-hybridized carbons (Fsp3) is 0.500. The first-order valence-corrected chi connectivity index (χ1v) is 8.14. The Kier molecular flexibility index (Phi) is 3.94. The van der Waals surface area contributed by atoms with Gasteiger partial charge < -0.3 is 5.11 Å². The maximum Gasteiger partial charge on any atom is 0.304 e. The highest BCUT2D eigenvalue weighted by atomic mass is 32.2. The van der Waals surface area contributed by atoms with Gasteiger partial charge >= 0.3 is 5.97 Å². The molecule has 1 unspecified atom stereocenters. The van der Waals surface area contributed by atoms with Gasteiger partial charge in [0, 0.05) is 0 Å². The summed E-state index contributed by atoms with van der Waals surface area (Å²) in [7, 11) is -3.39. The van der Waals surface area contributed by atoms with Crippen molar-refractivity contribution in [3.63, 3.8) is 0 Å². The van der Waals surface area contributed by atoms with E-state index in [0.29, 0.717) is 6.42 Å². The molecule has 104 valence electrons. The predicted molar refractivity (Wildman–Crippen MR) is 72.9 cm³/mol. The molecule has 0 fully saturated rings. The van der Waals surface area contributed by atoms with Crippen LogP contribution in [-0.4, -0.2) is 25.2 Å². The van der Waals surface area contributed by atoms with E-state index in [4.69, 9.17) is 5.11 Å². The largest absolute Gasteiger partial charge is 0.481 e. The van der Waals surface area contributed by atoms with Crippen molar-refractivity contribution in [1.29, 1.82) is 0 Å². The zero-order chi connectivity index (χ0) is 14.0. The van der Waals surface area contributed by atoms with Gasteiger partial charge in [-0.15, -0.1) is 0 Å².